The van der Waals surface area contributed by atoms with Gasteiger partial charge >= 0.3 is 0 Å². The van der Waals surface area contributed by atoms with Gasteiger partial charge in [0.05, 0.1) is 0 Å². The molecule has 0 aliphatic carbocycles. The summed E-state index contributed by atoms with van der Waals surface area (Å²) in [7, 11) is 1.60. The third kappa shape index (κ3) is 3.79. The Balaban J connectivity index is 2.02. The Labute approximate surface area is 162 Å². The summed E-state index contributed by atoms with van der Waals surface area (Å²) in [5.41, 5.74) is 3.85. The molecule has 2 aromatic heterocycles. The molecule has 1 amide bonds. The quantitative estimate of drug-likeness (QED) is 0.609. The molecule has 2 heterocycles. The van der Waals surface area contributed by atoms with Crippen molar-refractivity contribution in [3.8, 4) is 0 Å². The van der Waals surface area contributed by atoms with Crippen LogP contribution in [0.25, 0.3) is 10.9 Å². The molecule has 0 unspecified atom stereocenters. The van der Waals surface area contributed by atoms with Gasteiger partial charge in [0.2, 0.25) is 5.13 Å². The highest BCUT2D eigenvalue weighted by atomic mass is 32.1. The van der Waals surface area contributed by atoms with Gasteiger partial charge in [-0.3, -0.25) is 10.1 Å². The Morgan fingerprint density at radius 1 is 1.41 bits per heavy atom. The molecule has 3 rings (SSSR count). The fourth-order valence-corrected chi connectivity index (χ4v) is 3.86. The smallest absolute Gasteiger partial charge is 0.274 e. The number of allylic oxidation sites excluding steroid dienone is 1. The van der Waals surface area contributed by atoms with Crippen LogP contribution in [-0.2, 0) is 17.9 Å². The monoisotopic (exact) mass is 384 g/mol. The van der Waals surface area contributed by atoms with Crippen LogP contribution in [0.2, 0.25) is 0 Å². The zero-order valence-corrected chi connectivity index (χ0v) is 16.9. The Morgan fingerprint density at radius 2 is 2.19 bits per heavy atom. The topological polar surface area (TPSA) is 69.0 Å². The van der Waals surface area contributed by atoms with E-state index in [4.69, 9.17) is 4.74 Å². The predicted octanol–water partition coefficient (Wildman–Crippen LogP) is 4.51. The van der Waals surface area contributed by atoms with Gasteiger partial charge in [-0.25, -0.2) is 0 Å². The van der Waals surface area contributed by atoms with Crippen molar-refractivity contribution < 1.29 is 9.53 Å². The summed E-state index contributed by atoms with van der Waals surface area (Å²) in [6.07, 6.45) is 1.80. The van der Waals surface area contributed by atoms with Gasteiger partial charge in [-0.05, 0) is 36.1 Å². The Hall–Kier alpha value is -2.51. The van der Waals surface area contributed by atoms with Crippen molar-refractivity contribution in [1.29, 1.82) is 0 Å². The van der Waals surface area contributed by atoms with Gasteiger partial charge in [-0.15, -0.1) is 16.8 Å². The lowest BCUT2D eigenvalue weighted by atomic mass is 10.0. The van der Waals surface area contributed by atoms with Gasteiger partial charge in [0.25, 0.3) is 5.91 Å². The number of nitrogens with one attached hydrogen (secondary N) is 1. The third-order valence-corrected chi connectivity index (χ3v) is 5.30. The van der Waals surface area contributed by atoms with Crippen molar-refractivity contribution in [2.24, 2.45) is 0 Å². The van der Waals surface area contributed by atoms with Gasteiger partial charge in [0.1, 0.15) is 17.3 Å². The van der Waals surface area contributed by atoms with Crippen molar-refractivity contribution >= 4 is 33.3 Å². The van der Waals surface area contributed by atoms with E-state index in [0.717, 1.165) is 21.5 Å². The second-order valence-electron chi connectivity index (χ2n) is 6.69. The molecule has 0 fully saturated rings. The standard InChI is InChI=1S/C20H24N4O2S/c1-6-9-24-16-8-7-14(12(2)3)10-15(16)13(4)18(24)19(25)21-20-23-22-17(27-20)11-26-5/h6-8,10,12H,1,9,11H2,2-5H3,(H,21,23,25). The molecule has 6 nitrogen and oxygen atoms in total. The van der Waals surface area contributed by atoms with E-state index in [2.05, 4.69) is 54.1 Å². The molecule has 0 aliphatic heterocycles. The van der Waals surface area contributed by atoms with E-state index in [9.17, 15) is 4.79 Å². The zero-order valence-electron chi connectivity index (χ0n) is 16.1. The summed E-state index contributed by atoms with van der Waals surface area (Å²) in [5.74, 6) is 0.228. The summed E-state index contributed by atoms with van der Waals surface area (Å²) >= 11 is 1.31. The van der Waals surface area contributed by atoms with E-state index in [0.29, 0.717) is 29.9 Å². The number of carbonyl (C=O) groups excluding carboxylic acids is 1. The second kappa shape index (κ2) is 8.02. The number of nitrogens with zero attached hydrogens (tertiary/aromatic N) is 3. The fourth-order valence-electron chi connectivity index (χ4n) is 3.15. The Kier molecular flexibility index (Phi) is 5.72. The third-order valence-electron chi connectivity index (χ3n) is 4.49. The van der Waals surface area contributed by atoms with Crippen molar-refractivity contribution in [2.75, 3.05) is 12.4 Å². The van der Waals surface area contributed by atoms with E-state index < -0.39 is 0 Å². The highest BCUT2D eigenvalue weighted by molar-refractivity contribution is 7.15. The molecule has 0 saturated carbocycles. The number of ether oxygens (including phenoxy) is 1. The molecule has 1 N–H and O–H groups in total. The van der Waals surface area contributed by atoms with E-state index in [1.54, 1.807) is 13.2 Å². The number of aryl methyl sites for hydroxylation is 1. The van der Waals surface area contributed by atoms with E-state index in [-0.39, 0.29) is 5.91 Å². The summed E-state index contributed by atoms with van der Waals surface area (Å²) in [6.45, 7) is 11.1. The molecule has 0 bridgehead atoms. The van der Waals surface area contributed by atoms with Crippen LogP contribution in [0.1, 0.15) is 46.4 Å². The van der Waals surface area contributed by atoms with Crippen LogP contribution >= 0.6 is 11.3 Å². The number of carbonyl (C=O) groups is 1. The summed E-state index contributed by atoms with van der Waals surface area (Å²) in [4.78, 5) is 13.0. The van der Waals surface area contributed by atoms with Crippen LogP contribution in [0, 0.1) is 6.92 Å². The molecule has 1 aromatic carbocycles. The number of anilines is 1. The van der Waals surface area contributed by atoms with Gasteiger partial charge in [-0.2, -0.15) is 0 Å². The van der Waals surface area contributed by atoms with E-state index >= 15 is 0 Å². The number of hydrogen-bond donors (Lipinski definition) is 1. The first kappa shape index (κ1) is 19.3. The molecule has 3 aromatic rings. The maximum atomic E-state index is 13.0. The maximum absolute atomic E-state index is 13.0. The lowest BCUT2D eigenvalue weighted by Gasteiger charge is -2.09. The molecule has 0 saturated heterocycles. The number of amides is 1. The minimum Gasteiger partial charge on any atom is -0.377 e. The van der Waals surface area contributed by atoms with Crippen LogP contribution < -0.4 is 5.32 Å². The first-order chi connectivity index (χ1) is 13.0. The van der Waals surface area contributed by atoms with Gasteiger partial charge < -0.3 is 9.30 Å². The van der Waals surface area contributed by atoms with Gasteiger partial charge in [0.15, 0.2) is 0 Å². The fraction of sp³-hybridized carbons (Fsp3) is 0.350. The average Bonchev–Trinajstić information content (AvgIpc) is 3.18. The SMILES string of the molecule is C=CCn1c(C(=O)Nc2nnc(COC)s2)c(C)c2cc(C(C)C)ccc21. The van der Waals surface area contributed by atoms with Crippen molar-refractivity contribution in [3.05, 3.63) is 52.7 Å². The van der Waals surface area contributed by atoms with Crippen molar-refractivity contribution in [2.45, 2.75) is 39.8 Å². The van der Waals surface area contributed by atoms with E-state index in [1.165, 1.54) is 16.9 Å². The van der Waals surface area contributed by atoms with Crippen LogP contribution in [0.4, 0.5) is 5.13 Å². The molecule has 0 radical (unpaired) electrons. The molecule has 0 spiro atoms. The van der Waals surface area contributed by atoms with Crippen LogP contribution in [0.3, 0.4) is 0 Å². The van der Waals surface area contributed by atoms with E-state index in [1.807, 2.05) is 11.5 Å². The van der Waals surface area contributed by atoms with Crippen LogP contribution in [0.15, 0.2) is 30.9 Å². The maximum Gasteiger partial charge on any atom is 0.274 e. The number of aromatic nitrogens is 3. The lowest BCUT2D eigenvalue weighted by molar-refractivity contribution is 0.101. The second-order valence-corrected chi connectivity index (χ2v) is 7.75. The Bertz CT molecular complexity index is 987. The molecule has 0 aliphatic rings. The normalized spacial score (nSPS) is 11.3. The molecular formula is C20H24N4O2S. The predicted molar refractivity (Wildman–Crippen MR) is 110 cm³/mol. The Morgan fingerprint density at radius 3 is 2.85 bits per heavy atom. The lowest BCUT2D eigenvalue weighted by Crippen LogP contribution is -2.18. The summed E-state index contributed by atoms with van der Waals surface area (Å²) in [5, 5.41) is 13.2. The number of rotatable bonds is 7. The summed E-state index contributed by atoms with van der Waals surface area (Å²) < 4.78 is 7.05. The van der Waals surface area contributed by atoms with Crippen LogP contribution in [-0.4, -0.2) is 27.8 Å². The minimum absolute atomic E-state index is 0.197. The van der Waals surface area contributed by atoms with Crippen molar-refractivity contribution in [3.63, 3.8) is 0 Å². The molecule has 27 heavy (non-hydrogen) atoms. The highest BCUT2D eigenvalue weighted by Crippen LogP contribution is 2.30. The number of benzene rings is 1. The average molecular weight is 385 g/mol. The minimum atomic E-state index is -0.197. The molecule has 7 heteroatoms. The summed E-state index contributed by atoms with van der Waals surface area (Å²) in [6, 6.07) is 6.38. The number of hydrogen-bond acceptors (Lipinski definition) is 5. The zero-order chi connectivity index (χ0) is 19.6. The van der Waals surface area contributed by atoms with Crippen molar-refractivity contribution in [1.82, 2.24) is 14.8 Å². The van der Waals surface area contributed by atoms with Crippen LogP contribution in [0.5, 0.6) is 0 Å². The largest absolute Gasteiger partial charge is 0.377 e. The first-order valence-corrected chi connectivity index (χ1v) is 9.64. The molecular weight excluding hydrogens is 360 g/mol. The van der Waals surface area contributed by atoms with Gasteiger partial charge in [0, 0.05) is 24.6 Å². The molecule has 142 valence electrons. The first-order valence-electron chi connectivity index (χ1n) is 8.82. The molecule has 0 atom stereocenters. The number of methoxy groups -OCH3 is 1. The van der Waals surface area contributed by atoms with Gasteiger partial charge in [-0.1, -0.05) is 37.3 Å². The highest BCUT2D eigenvalue weighted by Gasteiger charge is 2.21. The number of fused-ring (bicyclic) bond motifs is 1.